The lowest BCUT2D eigenvalue weighted by Crippen LogP contribution is -2.50. The summed E-state index contributed by atoms with van der Waals surface area (Å²) in [5.74, 6) is 2.96. The van der Waals surface area contributed by atoms with Crippen LogP contribution < -0.4 is 10.6 Å². The van der Waals surface area contributed by atoms with E-state index in [4.69, 9.17) is 9.73 Å². The first-order valence-electron chi connectivity index (χ1n) is 12.1. The summed E-state index contributed by atoms with van der Waals surface area (Å²) >= 11 is 0. The van der Waals surface area contributed by atoms with Gasteiger partial charge in [0.15, 0.2) is 5.96 Å². The van der Waals surface area contributed by atoms with Crippen molar-refractivity contribution in [3.63, 3.8) is 0 Å². The van der Waals surface area contributed by atoms with Crippen molar-refractivity contribution in [2.75, 3.05) is 39.4 Å². The molecule has 2 heterocycles. The first-order chi connectivity index (χ1) is 14.6. The lowest BCUT2D eigenvalue weighted by atomic mass is 10.0. The number of benzene rings is 1. The van der Waals surface area contributed by atoms with Crippen LogP contribution in [-0.2, 0) is 4.74 Å². The number of hydrogen-bond donors (Lipinski definition) is 2. The molecule has 0 bridgehead atoms. The highest BCUT2D eigenvalue weighted by Crippen LogP contribution is 2.41. The van der Waals surface area contributed by atoms with Crippen LogP contribution in [0.1, 0.15) is 69.4 Å². The third-order valence-corrected chi connectivity index (χ3v) is 6.93. The molecule has 1 aliphatic carbocycles. The number of piperidine rings is 1. The summed E-state index contributed by atoms with van der Waals surface area (Å²) < 4.78 is 5.54. The molecule has 166 valence electrons. The Hall–Kier alpha value is -1.59. The third kappa shape index (κ3) is 5.76. The molecule has 3 fully saturated rings. The quantitative estimate of drug-likeness (QED) is 0.529. The second-order valence-corrected chi connectivity index (χ2v) is 9.69. The zero-order valence-corrected chi connectivity index (χ0v) is 19.1. The summed E-state index contributed by atoms with van der Waals surface area (Å²) in [4.78, 5) is 7.35. The predicted molar refractivity (Wildman–Crippen MR) is 124 cm³/mol. The molecule has 5 heteroatoms. The molecule has 4 rings (SSSR count). The zero-order valence-electron chi connectivity index (χ0n) is 19.1. The zero-order chi connectivity index (χ0) is 20.9. The Bertz CT molecular complexity index is 688. The van der Waals surface area contributed by atoms with Crippen molar-refractivity contribution in [1.82, 2.24) is 15.5 Å². The topological polar surface area (TPSA) is 48.9 Å². The normalized spacial score (nSPS) is 28.1. The van der Waals surface area contributed by atoms with Crippen LogP contribution in [0.25, 0.3) is 0 Å². The van der Waals surface area contributed by atoms with Crippen LogP contribution in [0.5, 0.6) is 0 Å². The van der Waals surface area contributed by atoms with Crippen LogP contribution in [0.2, 0.25) is 0 Å². The van der Waals surface area contributed by atoms with Gasteiger partial charge in [-0.15, -0.1) is 0 Å². The number of likely N-dealkylation sites (tertiary alicyclic amines) is 1. The molecular formula is C25H40N4O. The van der Waals surface area contributed by atoms with E-state index in [1.807, 2.05) is 0 Å². The van der Waals surface area contributed by atoms with Crippen molar-refractivity contribution >= 4 is 5.96 Å². The van der Waals surface area contributed by atoms with Crippen LogP contribution in [-0.4, -0.2) is 62.3 Å². The molecule has 1 saturated carbocycles. The molecule has 0 aromatic heterocycles. The van der Waals surface area contributed by atoms with E-state index in [2.05, 4.69) is 60.6 Å². The average Bonchev–Trinajstić information content (AvgIpc) is 3.32. The van der Waals surface area contributed by atoms with Crippen molar-refractivity contribution < 1.29 is 4.74 Å². The lowest BCUT2D eigenvalue weighted by Gasteiger charge is -2.34. The molecule has 3 unspecified atom stereocenters. The van der Waals surface area contributed by atoms with E-state index >= 15 is 0 Å². The number of aliphatic imine (C=N–C) groups is 1. The highest BCUT2D eigenvalue weighted by Gasteiger charge is 2.39. The van der Waals surface area contributed by atoms with Gasteiger partial charge in [-0.05, 0) is 55.6 Å². The van der Waals surface area contributed by atoms with Crippen molar-refractivity contribution in [1.29, 1.82) is 0 Å². The van der Waals surface area contributed by atoms with Gasteiger partial charge in [-0.3, -0.25) is 4.99 Å². The number of rotatable bonds is 7. The van der Waals surface area contributed by atoms with Gasteiger partial charge < -0.3 is 20.3 Å². The maximum Gasteiger partial charge on any atom is 0.191 e. The van der Waals surface area contributed by atoms with Crippen molar-refractivity contribution in [3.8, 4) is 0 Å². The van der Waals surface area contributed by atoms with Gasteiger partial charge >= 0.3 is 0 Å². The van der Waals surface area contributed by atoms with Crippen LogP contribution >= 0.6 is 0 Å². The summed E-state index contributed by atoms with van der Waals surface area (Å²) in [6.07, 6.45) is 4.83. The fourth-order valence-corrected chi connectivity index (χ4v) is 4.86. The Morgan fingerprint density at radius 3 is 2.53 bits per heavy atom. The fraction of sp³-hybridized carbons (Fsp3) is 0.720. The molecule has 3 aliphatic rings. The van der Waals surface area contributed by atoms with Gasteiger partial charge in [0.05, 0.1) is 6.61 Å². The molecule has 2 saturated heterocycles. The highest BCUT2D eigenvalue weighted by atomic mass is 16.5. The number of guanidine groups is 1. The molecule has 0 radical (unpaired) electrons. The van der Waals surface area contributed by atoms with Crippen LogP contribution in [0, 0.1) is 5.92 Å². The molecule has 0 spiro atoms. The van der Waals surface area contributed by atoms with E-state index in [-0.39, 0.29) is 0 Å². The molecule has 1 aromatic rings. The number of hydrogen-bond acceptors (Lipinski definition) is 3. The largest absolute Gasteiger partial charge is 0.381 e. The van der Waals surface area contributed by atoms with Crippen molar-refractivity contribution in [3.05, 3.63) is 35.4 Å². The van der Waals surface area contributed by atoms with Crippen molar-refractivity contribution in [2.45, 2.75) is 70.4 Å². The summed E-state index contributed by atoms with van der Waals surface area (Å²) in [5.41, 5.74) is 2.88. The Morgan fingerprint density at radius 2 is 1.90 bits per heavy atom. The lowest BCUT2D eigenvalue weighted by molar-refractivity contribution is 0.150. The third-order valence-electron chi connectivity index (χ3n) is 6.93. The van der Waals surface area contributed by atoms with Crippen molar-refractivity contribution in [2.24, 2.45) is 10.9 Å². The Labute approximate surface area is 182 Å². The predicted octanol–water partition coefficient (Wildman–Crippen LogP) is 3.72. The van der Waals surface area contributed by atoms with Crippen LogP contribution in [0.15, 0.2) is 29.3 Å². The van der Waals surface area contributed by atoms with Gasteiger partial charge in [0.1, 0.15) is 0 Å². The maximum atomic E-state index is 5.54. The fourth-order valence-electron chi connectivity index (χ4n) is 4.86. The Morgan fingerprint density at radius 1 is 1.13 bits per heavy atom. The van der Waals surface area contributed by atoms with E-state index in [9.17, 15) is 0 Å². The molecule has 2 aliphatic heterocycles. The van der Waals surface area contributed by atoms with Crippen LogP contribution in [0.3, 0.4) is 0 Å². The van der Waals surface area contributed by atoms with Gasteiger partial charge in [0, 0.05) is 50.8 Å². The second-order valence-electron chi connectivity index (χ2n) is 9.69. The smallest absolute Gasteiger partial charge is 0.191 e. The standard InChI is InChI=1S/C25H40N4O/c1-4-26-25(27-22-9-12-29(13-10-22)16-19-11-14-30-17-19)28-24-15-23(24)21-7-5-20(6-8-21)18(2)3/h5-8,18-19,22-24H,4,9-17H2,1-3H3,(H2,26,27,28). The van der Waals surface area contributed by atoms with E-state index in [0.29, 0.717) is 23.9 Å². The number of ether oxygens (including phenoxy) is 1. The maximum absolute atomic E-state index is 5.54. The summed E-state index contributed by atoms with van der Waals surface area (Å²) in [5, 5.41) is 7.43. The first kappa shape index (κ1) is 21.6. The minimum absolute atomic E-state index is 0.509. The van der Waals surface area contributed by atoms with Gasteiger partial charge in [-0.2, -0.15) is 0 Å². The van der Waals surface area contributed by atoms with E-state index < -0.39 is 0 Å². The average molecular weight is 413 g/mol. The first-order valence-corrected chi connectivity index (χ1v) is 12.1. The summed E-state index contributed by atoms with van der Waals surface area (Å²) in [6, 6.07) is 10.3. The minimum atomic E-state index is 0.509. The van der Waals surface area contributed by atoms with Gasteiger partial charge in [-0.25, -0.2) is 0 Å². The van der Waals surface area contributed by atoms with Gasteiger partial charge in [0.25, 0.3) is 0 Å². The molecular weight excluding hydrogens is 372 g/mol. The molecule has 2 N–H and O–H groups in total. The molecule has 30 heavy (non-hydrogen) atoms. The van der Waals surface area contributed by atoms with Gasteiger partial charge in [-0.1, -0.05) is 38.1 Å². The highest BCUT2D eigenvalue weighted by molar-refractivity contribution is 5.81. The summed E-state index contributed by atoms with van der Waals surface area (Å²) in [6.45, 7) is 12.9. The molecule has 1 aromatic carbocycles. The van der Waals surface area contributed by atoms with E-state index in [1.165, 1.54) is 56.4 Å². The van der Waals surface area contributed by atoms with Gasteiger partial charge in [0.2, 0.25) is 0 Å². The summed E-state index contributed by atoms with van der Waals surface area (Å²) in [7, 11) is 0. The second kappa shape index (κ2) is 10.1. The SMILES string of the molecule is CCN=C(NC1CCN(CC2CCOC2)CC1)NC1CC1c1ccc(C(C)C)cc1. The Kier molecular flexibility index (Phi) is 7.32. The molecule has 0 amide bonds. The minimum Gasteiger partial charge on any atom is -0.381 e. The van der Waals surface area contributed by atoms with E-state index in [0.717, 1.165) is 31.6 Å². The van der Waals surface area contributed by atoms with E-state index in [1.54, 1.807) is 0 Å². The molecule has 5 nitrogen and oxygen atoms in total. The number of nitrogens with zero attached hydrogens (tertiary/aromatic N) is 2. The van der Waals surface area contributed by atoms with Crippen LogP contribution in [0.4, 0.5) is 0 Å². The molecule has 3 atom stereocenters. The monoisotopic (exact) mass is 412 g/mol. The Balaban J connectivity index is 1.22. The number of nitrogens with one attached hydrogen (secondary N) is 2.